The molecule has 2 rings (SSSR count). The van der Waals surface area contributed by atoms with Crippen LogP contribution in [0.15, 0.2) is 29.4 Å². The summed E-state index contributed by atoms with van der Waals surface area (Å²) in [5.74, 6) is 0. The smallest absolute Gasteiger partial charge is 0.118 e. The Labute approximate surface area is 83.8 Å². The Morgan fingerprint density at radius 2 is 2.31 bits per heavy atom. The first-order valence-corrected chi connectivity index (χ1v) is 4.52. The molecule has 0 aliphatic rings. The largest absolute Gasteiger partial charge is 0.268 e. The highest BCUT2D eigenvalue weighted by Gasteiger charge is 2.06. The highest BCUT2D eigenvalue weighted by atomic mass is 79.9. The predicted octanol–water partition coefficient (Wildman–Crippen LogP) is 1.64. The van der Waals surface area contributed by atoms with Gasteiger partial charge in [-0.2, -0.15) is 5.10 Å². The summed E-state index contributed by atoms with van der Waals surface area (Å²) >= 11 is 3.36. The zero-order valence-corrected chi connectivity index (χ0v) is 8.56. The van der Waals surface area contributed by atoms with Crippen molar-refractivity contribution in [3.63, 3.8) is 0 Å². The van der Waals surface area contributed by atoms with Crippen LogP contribution in [0.5, 0.6) is 0 Å². The van der Waals surface area contributed by atoms with Crippen LogP contribution in [-0.4, -0.2) is 19.7 Å². The van der Waals surface area contributed by atoms with E-state index in [-0.39, 0.29) is 0 Å². The van der Waals surface area contributed by atoms with E-state index in [9.17, 15) is 0 Å². The quantitative estimate of drug-likeness (QED) is 0.710. The summed E-state index contributed by atoms with van der Waals surface area (Å²) in [6.07, 6.45) is 5.01. The van der Waals surface area contributed by atoms with E-state index in [4.69, 9.17) is 0 Å². The van der Waals surface area contributed by atoms with Gasteiger partial charge in [-0.15, -0.1) is 0 Å². The first kappa shape index (κ1) is 8.37. The summed E-state index contributed by atoms with van der Waals surface area (Å²) in [6, 6.07) is 1.92. The molecule has 0 unspecified atom stereocenters. The van der Waals surface area contributed by atoms with E-state index >= 15 is 0 Å². The Hall–Kier alpha value is -1.23. The molecule has 5 heteroatoms. The fourth-order valence-electron chi connectivity index (χ4n) is 1.12. The third-order valence-electron chi connectivity index (χ3n) is 1.76. The number of aryl methyl sites for hydroxylation is 1. The summed E-state index contributed by atoms with van der Waals surface area (Å²) in [5, 5.41) is 4.07. The van der Waals surface area contributed by atoms with Crippen LogP contribution in [0, 0.1) is 0 Å². The lowest BCUT2D eigenvalue weighted by Gasteiger charge is -2.01. The van der Waals surface area contributed by atoms with E-state index in [1.54, 1.807) is 17.1 Å². The number of nitrogens with zero attached hydrogens (tertiary/aromatic N) is 4. The molecule has 2 aromatic rings. The highest BCUT2D eigenvalue weighted by molar-refractivity contribution is 9.10. The van der Waals surface area contributed by atoms with Gasteiger partial charge in [0.05, 0.1) is 11.3 Å². The van der Waals surface area contributed by atoms with Crippen molar-refractivity contribution < 1.29 is 0 Å². The predicted molar refractivity (Wildman–Crippen MR) is 51.9 cm³/mol. The van der Waals surface area contributed by atoms with Gasteiger partial charge < -0.3 is 0 Å². The normalized spacial score (nSPS) is 10.3. The van der Waals surface area contributed by atoms with Crippen molar-refractivity contribution in [1.29, 1.82) is 0 Å². The van der Waals surface area contributed by atoms with Crippen LogP contribution >= 0.6 is 15.9 Å². The molecule has 4 nitrogen and oxygen atoms in total. The zero-order valence-electron chi connectivity index (χ0n) is 6.98. The molecule has 0 aliphatic heterocycles. The summed E-state index contributed by atoms with van der Waals surface area (Å²) in [5.41, 5.74) is 1.94. The van der Waals surface area contributed by atoms with Crippen LogP contribution in [0.2, 0.25) is 0 Å². The van der Waals surface area contributed by atoms with Gasteiger partial charge in [0.15, 0.2) is 0 Å². The number of hydrogen-bond donors (Lipinski definition) is 0. The van der Waals surface area contributed by atoms with Crippen molar-refractivity contribution in [1.82, 2.24) is 19.7 Å². The van der Waals surface area contributed by atoms with Crippen LogP contribution in [0.1, 0.15) is 0 Å². The SMILES string of the molecule is Cn1nccc1-c1cncnc1Br. The van der Waals surface area contributed by atoms with E-state index in [0.29, 0.717) is 0 Å². The molecule has 2 aromatic heterocycles. The zero-order chi connectivity index (χ0) is 9.26. The Balaban J connectivity index is 2.59. The molecule has 0 spiro atoms. The van der Waals surface area contributed by atoms with Crippen molar-refractivity contribution in [2.75, 3.05) is 0 Å². The highest BCUT2D eigenvalue weighted by Crippen LogP contribution is 2.23. The molecule has 0 saturated heterocycles. The molecule has 0 amide bonds. The molecule has 0 aliphatic carbocycles. The van der Waals surface area contributed by atoms with E-state index in [0.717, 1.165) is 15.9 Å². The minimum absolute atomic E-state index is 0.783. The summed E-state index contributed by atoms with van der Waals surface area (Å²) < 4.78 is 2.56. The molecular formula is C8H7BrN4. The third kappa shape index (κ3) is 1.47. The third-order valence-corrected chi connectivity index (χ3v) is 2.39. The first-order chi connectivity index (χ1) is 6.29. The summed E-state index contributed by atoms with van der Waals surface area (Å²) in [4.78, 5) is 8.00. The topological polar surface area (TPSA) is 43.6 Å². The second-order valence-electron chi connectivity index (χ2n) is 2.57. The Morgan fingerprint density at radius 1 is 1.46 bits per heavy atom. The van der Waals surface area contributed by atoms with Gasteiger partial charge >= 0.3 is 0 Å². The number of halogens is 1. The van der Waals surface area contributed by atoms with Crippen LogP contribution in [0.3, 0.4) is 0 Å². The molecule has 0 bridgehead atoms. The number of aromatic nitrogens is 4. The average molecular weight is 239 g/mol. The molecule has 0 aromatic carbocycles. The molecule has 2 heterocycles. The van der Waals surface area contributed by atoms with Gasteiger partial charge in [-0.05, 0) is 22.0 Å². The van der Waals surface area contributed by atoms with Crippen LogP contribution in [-0.2, 0) is 7.05 Å². The van der Waals surface area contributed by atoms with Gasteiger partial charge in [-0.25, -0.2) is 9.97 Å². The van der Waals surface area contributed by atoms with Crippen molar-refractivity contribution in [3.05, 3.63) is 29.4 Å². The summed E-state index contributed by atoms with van der Waals surface area (Å²) in [7, 11) is 1.88. The molecular weight excluding hydrogens is 232 g/mol. The Bertz CT molecular complexity index is 424. The van der Waals surface area contributed by atoms with Gasteiger partial charge in [0, 0.05) is 19.4 Å². The molecule has 0 N–H and O–H groups in total. The monoisotopic (exact) mass is 238 g/mol. The van der Waals surface area contributed by atoms with Gasteiger partial charge in [-0.1, -0.05) is 0 Å². The Kier molecular flexibility index (Phi) is 2.10. The van der Waals surface area contributed by atoms with Gasteiger partial charge in [0.25, 0.3) is 0 Å². The molecule has 66 valence electrons. The van der Waals surface area contributed by atoms with Crippen LogP contribution in [0.4, 0.5) is 0 Å². The molecule has 0 radical (unpaired) electrons. The van der Waals surface area contributed by atoms with E-state index in [1.165, 1.54) is 6.33 Å². The van der Waals surface area contributed by atoms with Crippen molar-refractivity contribution in [3.8, 4) is 11.3 Å². The van der Waals surface area contributed by atoms with Gasteiger partial charge in [0.1, 0.15) is 10.9 Å². The van der Waals surface area contributed by atoms with E-state index in [1.807, 2.05) is 13.1 Å². The fourth-order valence-corrected chi connectivity index (χ4v) is 1.52. The van der Waals surface area contributed by atoms with Crippen molar-refractivity contribution in [2.24, 2.45) is 7.05 Å². The van der Waals surface area contributed by atoms with Crippen molar-refractivity contribution in [2.45, 2.75) is 0 Å². The molecule has 0 atom stereocenters. The average Bonchev–Trinajstić information content (AvgIpc) is 2.52. The molecule has 0 fully saturated rings. The minimum Gasteiger partial charge on any atom is -0.268 e. The van der Waals surface area contributed by atoms with E-state index < -0.39 is 0 Å². The Morgan fingerprint density at radius 3 is 2.92 bits per heavy atom. The van der Waals surface area contributed by atoms with Gasteiger partial charge in [-0.3, -0.25) is 4.68 Å². The minimum atomic E-state index is 0.783. The first-order valence-electron chi connectivity index (χ1n) is 3.73. The number of hydrogen-bond acceptors (Lipinski definition) is 3. The van der Waals surface area contributed by atoms with Crippen molar-refractivity contribution >= 4 is 15.9 Å². The van der Waals surface area contributed by atoms with E-state index in [2.05, 4.69) is 31.0 Å². The maximum atomic E-state index is 4.07. The number of rotatable bonds is 1. The maximum absolute atomic E-state index is 4.07. The lowest BCUT2D eigenvalue weighted by molar-refractivity contribution is 0.774. The molecule has 13 heavy (non-hydrogen) atoms. The lowest BCUT2D eigenvalue weighted by atomic mass is 10.2. The lowest BCUT2D eigenvalue weighted by Crippen LogP contribution is -1.95. The standard InChI is InChI=1S/C8H7BrN4/c1-13-7(2-3-12-13)6-4-10-5-11-8(6)9/h2-5H,1H3. The fraction of sp³-hybridized carbons (Fsp3) is 0.125. The van der Waals surface area contributed by atoms with Crippen LogP contribution < -0.4 is 0 Å². The maximum Gasteiger partial charge on any atom is 0.118 e. The summed E-state index contributed by atoms with van der Waals surface area (Å²) in [6.45, 7) is 0. The second-order valence-corrected chi connectivity index (χ2v) is 3.32. The second kappa shape index (κ2) is 3.26. The molecule has 0 saturated carbocycles. The van der Waals surface area contributed by atoms with Gasteiger partial charge in [0.2, 0.25) is 0 Å². The van der Waals surface area contributed by atoms with Crippen LogP contribution in [0.25, 0.3) is 11.3 Å².